The lowest BCUT2D eigenvalue weighted by Gasteiger charge is -2.42. The van der Waals surface area contributed by atoms with Crippen LogP contribution in [-0.2, 0) is 11.2 Å². The zero-order valence-electron chi connectivity index (χ0n) is 17.2. The van der Waals surface area contributed by atoms with Crippen molar-refractivity contribution in [2.45, 2.75) is 50.8 Å². The molecule has 1 fully saturated rings. The molecule has 10 heteroatoms. The number of halogens is 3. The Bertz CT molecular complexity index is 1040. The van der Waals surface area contributed by atoms with E-state index in [1.54, 1.807) is 4.90 Å². The molecule has 0 unspecified atom stereocenters. The third kappa shape index (κ3) is 3.34. The second-order valence-corrected chi connectivity index (χ2v) is 8.30. The Labute approximate surface area is 177 Å². The molecule has 164 valence electrons. The van der Waals surface area contributed by atoms with Crippen LogP contribution in [0.3, 0.4) is 0 Å². The Morgan fingerprint density at radius 3 is 2.58 bits per heavy atom. The van der Waals surface area contributed by atoms with Gasteiger partial charge in [-0.15, -0.1) is 0 Å². The number of hydrogen-bond acceptors (Lipinski definition) is 6. The molecule has 7 nitrogen and oxygen atoms in total. The molecule has 1 saturated carbocycles. The predicted molar refractivity (Wildman–Crippen MR) is 108 cm³/mol. The van der Waals surface area contributed by atoms with Crippen molar-refractivity contribution in [3.05, 3.63) is 35.3 Å². The Kier molecular flexibility index (Phi) is 4.67. The van der Waals surface area contributed by atoms with Crippen molar-refractivity contribution >= 4 is 23.4 Å². The number of nitrogens with one attached hydrogen (secondary N) is 1. The average Bonchev–Trinajstić information content (AvgIpc) is 2.72. The molecular weight excluding hydrogens is 411 g/mol. The molecular formula is C21H22F3N5O2. The molecule has 1 aliphatic carbocycles. The van der Waals surface area contributed by atoms with E-state index in [-0.39, 0.29) is 29.8 Å². The van der Waals surface area contributed by atoms with Gasteiger partial charge < -0.3 is 19.9 Å². The third-order valence-corrected chi connectivity index (χ3v) is 6.23. The summed E-state index contributed by atoms with van der Waals surface area (Å²) in [6.45, 7) is 2.54. The molecule has 31 heavy (non-hydrogen) atoms. The first kappa shape index (κ1) is 19.9. The first-order chi connectivity index (χ1) is 14.8. The number of benzene rings is 1. The van der Waals surface area contributed by atoms with Crippen molar-refractivity contribution in [1.82, 2.24) is 9.97 Å². The van der Waals surface area contributed by atoms with E-state index in [0.29, 0.717) is 25.3 Å². The fraction of sp³-hybridized carbons (Fsp3) is 0.476. The maximum atomic E-state index is 13.3. The van der Waals surface area contributed by atoms with E-state index in [0.717, 1.165) is 42.2 Å². The van der Waals surface area contributed by atoms with Gasteiger partial charge in [-0.25, -0.2) is 18.2 Å². The van der Waals surface area contributed by atoms with Gasteiger partial charge in [0.15, 0.2) is 23.3 Å². The predicted octanol–water partition coefficient (Wildman–Crippen LogP) is 3.03. The van der Waals surface area contributed by atoms with Gasteiger partial charge in [-0.05, 0) is 19.8 Å². The molecule has 1 N–H and O–H groups in total. The molecule has 0 saturated heterocycles. The molecule has 1 atom stereocenters. The van der Waals surface area contributed by atoms with Gasteiger partial charge in [0.2, 0.25) is 11.9 Å². The van der Waals surface area contributed by atoms with Crippen molar-refractivity contribution in [2.24, 2.45) is 0 Å². The lowest BCUT2D eigenvalue weighted by Crippen LogP contribution is -2.53. The summed E-state index contributed by atoms with van der Waals surface area (Å²) >= 11 is 0. The van der Waals surface area contributed by atoms with Crippen molar-refractivity contribution in [3.63, 3.8) is 0 Å². The molecule has 1 amide bonds. The van der Waals surface area contributed by atoms with E-state index in [9.17, 15) is 18.0 Å². The van der Waals surface area contributed by atoms with Crippen molar-refractivity contribution in [2.75, 3.05) is 28.7 Å². The van der Waals surface area contributed by atoms with Crippen LogP contribution in [0.1, 0.15) is 31.9 Å². The summed E-state index contributed by atoms with van der Waals surface area (Å²) in [5, 5.41) is 3.30. The fourth-order valence-corrected chi connectivity index (χ4v) is 4.32. The summed E-state index contributed by atoms with van der Waals surface area (Å²) in [5.74, 6) is -2.79. The Hall–Kier alpha value is -3.04. The van der Waals surface area contributed by atoms with Gasteiger partial charge in [0.25, 0.3) is 0 Å². The van der Waals surface area contributed by atoms with Crippen LogP contribution in [0.4, 0.5) is 30.6 Å². The molecule has 3 aliphatic rings. The van der Waals surface area contributed by atoms with E-state index in [4.69, 9.17) is 4.74 Å². The maximum Gasteiger partial charge on any atom is 0.249 e. The van der Waals surface area contributed by atoms with Crippen LogP contribution in [0.25, 0.3) is 0 Å². The quantitative estimate of drug-likeness (QED) is 0.748. The van der Waals surface area contributed by atoms with E-state index >= 15 is 0 Å². The summed E-state index contributed by atoms with van der Waals surface area (Å²) in [5.41, 5.74) is 1.66. The van der Waals surface area contributed by atoms with Gasteiger partial charge in [-0.3, -0.25) is 4.79 Å². The van der Waals surface area contributed by atoms with E-state index in [1.165, 1.54) is 0 Å². The number of aromatic nitrogens is 2. The largest absolute Gasteiger partial charge is 0.490 e. The van der Waals surface area contributed by atoms with Crippen LogP contribution in [0.15, 0.2) is 12.1 Å². The van der Waals surface area contributed by atoms with Gasteiger partial charge >= 0.3 is 0 Å². The van der Waals surface area contributed by atoms with Crippen LogP contribution in [0.2, 0.25) is 0 Å². The Morgan fingerprint density at radius 2 is 1.87 bits per heavy atom. The average molecular weight is 433 g/mol. The van der Waals surface area contributed by atoms with Crippen LogP contribution < -0.4 is 19.9 Å². The Morgan fingerprint density at radius 1 is 1.16 bits per heavy atom. The van der Waals surface area contributed by atoms with Gasteiger partial charge in [0.05, 0.1) is 5.69 Å². The number of carbonyl (C=O) groups is 1. The number of likely N-dealkylation sites (N-methyl/N-ethyl adjacent to an activating group) is 1. The molecule has 2 aliphatic heterocycles. The van der Waals surface area contributed by atoms with Gasteiger partial charge in [-0.1, -0.05) is 0 Å². The highest BCUT2D eigenvalue weighted by Gasteiger charge is 2.39. The first-order valence-electron chi connectivity index (χ1n) is 10.3. The normalized spacial score (nSPS) is 24.5. The topological polar surface area (TPSA) is 70.6 Å². The summed E-state index contributed by atoms with van der Waals surface area (Å²) in [6.07, 6.45) is 2.58. The highest BCUT2D eigenvalue weighted by molar-refractivity contribution is 6.05. The SMILES string of the molecule is C[C@H]1C(=O)N2CCCc3nc(N[C@H]4C[C@H](Oc5cc(F)c(F)c(F)c5)C4)nc(c32)N1C. The number of nitrogens with zero attached hydrogens (tertiary/aromatic N) is 4. The van der Waals surface area contributed by atoms with E-state index < -0.39 is 17.5 Å². The number of ether oxygens (including phenoxy) is 1. The number of rotatable bonds is 4. The number of anilines is 3. The minimum atomic E-state index is -1.51. The zero-order chi connectivity index (χ0) is 21.9. The molecule has 0 radical (unpaired) electrons. The van der Waals surface area contributed by atoms with E-state index in [2.05, 4.69) is 15.3 Å². The van der Waals surface area contributed by atoms with Crippen molar-refractivity contribution in [1.29, 1.82) is 0 Å². The standard InChI is InChI=1S/C21H22F3N5O2/c1-10-20(30)29-5-3-4-16-18(29)19(28(10)2)27-21(26-16)25-11-6-12(7-11)31-13-8-14(22)17(24)15(23)9-13/h8-12H,3-7H2,1-2H3,(H,25,26,27)/t10-,11-,12-/m0/s1. The number of aryl methyl sites for hydroxylation is 1. The zero-order valence-corrected chi connectivity index (χ0v) is 17.2. The molecule has 2 aromatic rings. The summed E-state index contributed by atoms with van der Waals surface area (Å²) in [4.78, 5) is 25.6. The molecule has 3 heterocycles. The molecule has 0 spiro atoms. The molecule has 1 aromatic carbocycles. The number of carbonyl (C=O) groups excluding carboxylic acids is 1. The van der Waals surface area contributed by atoms with Crippen molar-refractivity contribution in [3.8, 4) is 5.75 Å². The summed E-state index contributed by atoms with van der Waals surface area (Å²) in [6, 6.07) is 1.44. The highest BCUT2D eigenvalue weighted by atomic mass is 19.2. The first-order valence-corrected chi connectivity index (χ1v) is 10.3. The summed E-state index contributed by atoms with van der Waals surface area (Å²) in [7, 11) is 1.86. The molecule has 5 rings (SSSR count). The second-order valence-electron chi connectivity index (χ2n) is 8.30. The minimum absolute atomic E-state index is 0.0327. The third-order valence-electron chi connectivity index (χ3n) is 6.23. The van der Waals surface area contributed by atoms with E-state index in [1.807, 2.05) is 18.9 Å². The van der Waals surface area contributed by atoms with Crippen molar-refractivity contribution < 1.29 is 22.7 Å². The van der Waals surface area contributed by atoms with Crippen LogP contribution in [0, 0.1) is 17.5 Å². The maximum absolute atomic E-state index is 13.3. The van der Waals surface area contributed by atoms with Crippen LogP contribution in [-0.4, -0.2) is 47.7 Å². The highest BCUT2D eigenvalue weighted by Crippen LogP contribution is 2.40. The van der Waals surface area contributed by atoms with Crippen LogP contribution in [0.5, 0.6) is 5.75 Å². The van der Waals surface area contributed by atoms with Gasteiger partial charge in [0.1, 0.15) is 23.6 Å². The van der Waals surface area contributed by atoms with Gasteiger partial charge in [0, 0.05) is 44.6 Å². The monoisotopic (exact) mass is 433 g/mol. The summed E-state index contributed by atoms with van der Waals surface area (Å²) < 4.78 is 45.3. The number of amides is 1. The minimum Gasteiger partial charge on any atom is -0.490 e. The molecule has 0 bridgehead atoms. The van der Waals surface area contributed by atoms with Gasteiger partial charge in [-0.2, -0.15) is 4.98 Å². The Balaban J connectivity index is 1.28. The lowest BCUT2D eigenvalue weighted by molar-refractivity contribution is -0.119. The molecule has 1 aromatic heterocycles. The number of hydrogen-bond donors (Lipinski definition) is 1. The lowest BCUT2D eigenvalue weighted by atomic mass is 9.89. The van der Waals surface area contributed by atoms with Crippen LogP contribution >= 0.6 is 0 Å². The smallest absolute Gasteiger partial charge is 0.249 e. The fourth-order valence-electron chi connectivity index (χ4n) is 4.32. The second kappa shape index (κ2) is 7.28.